The minimum Gasteiger partial charge on any atom is -0.467 e. The van der Waals surface area contributed by atoms with Gasteiger partial charge in [-0.05, 0) is 19.5 Å². The van der Waals surface area contributed by atoms with Gasteiger partial charge in [0.15, 0.2) is 0 Å². The molecule has 0 fully saturated rings. The van der Waals surface area contributed by atoms with Gasteiger partial charge in [-0.15, -0.1) is 0 Å². The number of furan rings is 1. The zero-order valence-corrected chi connectivity index (χ0v) is 13.1. The summed E-state index contributed by atoms with van der Waals surface area (Å²) in [5, 5.41) is 0. The third-order valence-electron chi connectivity index (χ3n) is 3.07. The molecule has 6 nitrogen and oxygen atoms in total. The number of methoxy groups -OCH3 is 1. The van der Waals surface area contributed by atoms with E-state index in [2.05, 4.69) is 4.74 Å². The molecule has 1 aromatic heterocycles. The third kappa shape index (κ3) is 4.64. The minimum absolute atomic E-state index is 0.0646. The first-order valence-electron chi connectivity index (χ1n) is 6.35. The molecule has 0 radical (unpaired) electrons. The number of rotatable bonds is 7. The Kier molecular flexibility index (Phi) is 5.76. The molecule has 0 aliphatic carbocycles. The van der Waals surface area contributed by atoms with Gasteiger partial charge >= 0.3 is 5.97 Å². The standard InChI is InChI=1S/C13H21NO5S/c1-5-14(10(2)9-20(4,16)17)8-12-11(6-7-19-12)13(15)18-3/h6-7,10H,5,8-9H2,1-4H3. The van der Waals surface area contributed by atoms with Crippen molar-refractivity contribution >= 4 is 15.8 Å². The zero-order chi connectivity index (χ0) is 15.3. The summed E-state index contributed by atoms with van der Waals surface area (Å²) in [7, 11) is -1.74. The van der Waals surface area contributed by atoms with Gasteiger partial charge in [0.05, 0.1) is 25.7 Å². The van der Waals surface area contributed by atoms with Crippen LogP contribution in [-0.2, 0) is 21.1 Å². The van der Waals surface area contributed by atoms with Crippen molar-refractivity contribution in [3.8, 4) is 0 Å². The number of hydrogen-bond donors (Lipinski definition) is 0. The lowest BCUT2D eigenvalue weighted by Crippen LogP contribution is -2.37. The van der Waals surface area contributed by atoms with Crippen molar-refractivity contribution in [1.29, 1.82) is 0 Å². The van der Waals surface area contributed by atoms with E-state index in [1.54, 1.807) is 6.07 Å². The molecule has 0 amide bonds. The Morgan fingerprint density at radius 3 is 2.65 bits per heavy atom. The van der Waals surface area contributed by atoms with Crippen molar-refractivity contribution in [1.82, 2.24) is 4.90 Å². The van der Waals surface area contributed by atoms with Gasteiger partial charge in [-0.1, -0.05) is 6.92 Å². The SMILES string of the molecule is CCN(Cc1occc1C(=O)OC)C(C)CS(C)(=O)=O. The molecule has 114 valence electrons. The first-order chi connectivity index (χ1) is 9.28. The van der Waals surface area contributed by atoms with Crippen LogP contribution < -0.4 is 0 Å². The van der Waals surface area contributed by atoms with Crippen molar-refractivity contribution < 1.29 is 22.4 Å². The fraction of sp³-hybridized carbons (Fsp3) is 0.615. The van der Waals surface area contributed by atoms with E-state index in [4.69, 9.17) is 4.42 Å². The second kappa shape index (κ2) is 6.90. The predicted molar refractivity (Wildman–Crippen MR) is 75.3 cm³/mol. The highest BCUT2D eigenvalue weighted by molar-refractivity contribution is 7.90. The number of carbonyl (C=O) groups excluding carboxylic acids is 1. The van der Waals surface area contributed by atoms with Crippen molar-refractivity contribution in [2.24, 2.45) is 0 Å². The van der Waals surface area contributed by atoms with Crippen molar-refractivity contribution in [2.45, 2.75) is 26.4 Å². The molecule has 7 heteroatoms. The maximum atomic E-state index is 11.6. The molecule has 0 bridgehead atoms. The molecule has 0 saturated heterocycles. The largest absolute Gasteiger partial charge is 0.467 e. The van der Waals surface area contributed by atoms with Gasteiger partial charge in [0.1, 0.15) is 21.2 Å². The molecule has 1 aromatic rings. The molecule has 20 heavy (non-hydrogen) atoms. The molecule has 1 atom stereocenters. The molecule has 0 aromatic carbocycles. The second-order valence-corrected chi connectivity index (χ2v) is 6.94. The summed E-state index contributed by atoms with van der Waals surface area (Å²) in [6.07, 6.45) is 2.64. The summed E-state index contributed by atoms with van der Waals surface area (Å²) < 4.78 is 32.7. The van der Waals surface area contributed by atoms with Crippen LogP contribution in [0.3, 0.4) is 0 Å². The van der Waals surface area contributed by atoms with Crippen LogP contribution in [-0.4, -0.2) is 51.0 Å². The van der Waals surface area contributed by atoms with Gasteiger partial charge in [0, 0.05) is 12.3 Å². The van der Waals surface area contributed by atoms with Gasteiger partial charge in [-0.25, -0.2) is 13.2 Å². The minimum atomic E-state index is -3.05. The molecule has 0 aliphatic rings. The van der Waals surface area contributed by atoms with Crippen molar-refractivity contribution in [3.05, 3.63) is 23.7 Å². The maximum Gasteiger partial charge on any atom is 0.341 e. The third-order valence-corrected chi connectivity index (χ3v) is 4.16. The molecule has 1 heterocycles. The Hall–Kier alpha value is -1.34. The molecule has 1 rings (SSSR count). The average molecular weight is 303 g/mol. The highest BCUT2D eigenvalue weighted by Gasteiger charge is 2.22. The Labute approximate surface area is 119 Å². The van der Waals surface area contributed by atoms with Gasteiger partial charge in [0.25, 0.3) is 0 Å². The maximum absolute atomic E-state index is 11.6. The molecule has 0 spiro atoms. The highest BCUT2D eigenvalue weighted by Crippen LogP contribution is 2.16. The normalized spacial score (nSPS) is 13.4. The summed E-state index contributed by atoms with van der Waals surface area (Å²) in [4.78, 5) is 13.5. The lowest BCUT2D eigenvalue weighted by atomic mass is 10.2. The summed E-state index contributed by atoms with van der Waals surface area (Å²) in [5.74, 6) is 0.0920. The molecule has 0 saturated carbocycles. The van der Waals surface area contributed by atoms with Gasteiger partial charge < -0.3 is 9.15 Å². The van der Waals surface area contributed by atoms with Crippen LogP contribution in [0.15, 0.2) is 16.7 Å². The number of hydrogen-bond acceptors (Lipinski definition) is 6. The summed E-state index contributed by atoms with van der Waals surface area (Å²) in [6.45, 7) is 4.79. The predicted octanol–water partition coefficient (Wildman–Crippen LogP) is 1.32. The molecular weight excluding hydrogens is 282 g/mol. The van der Waals surface area contributed by atoms with Gasteiger partial charge in [-0.3, -0.25) is 4.90 Å². The Balaban J connectivity index is 2.84. The van der Waals surface area contributed by atoms with Crippen LogP contribution in [0.4, 0.5) is 0 Å². The second-order valence-electron chi connectivity index (χ2n) is 4.75. The highest BCUT2D eigenvalue weighted by atomic mass is 32.2. The monoisotopic (exact) mass is 303 g/mol. The average Bonchev–Trinajstić information content (AvgIpc) is 2.80. The summed E-state index contributed by atoms with van der Waals surface area (Å²) in [6, 6.07) is 1.39. The molecular formula is C13H21NO5S. The van der Waals surface area contributed by atoms with Crippen LogP contribution in [0.25, 0.3) is 0 Å². The Bertz CT molecular complexity index is 549. The number of nitrogens with zero attached hydrogens (tertiary/aromatic N) is 1. The van der Waals surface area contributed by atoms with Gasteiger partial charge in [0.2, 0.25) is 0 Å². The topological polar surface area (TPSA) is 76.8 Å². The Morgan fingerprint density at radius 1 is 1.50 bits per heavy atom. The van der Waals surface area contributed by atoms with E-state index in [-0.39, 0.29) is 11.8 Å². The molecule has 0 aliphatic heterocycles. The van der Waals surface area contributed by atoms with Crippen LogP contribution in [0, 0.1) is 0 Å². The smallest absolute Gasteiger partial charge is 0.341 e. The quantitative estimate of drug-likeness (QED) is 0.707. The molecule has 0 N–H and O–H groups in total. The van der Waals surface area contributed by atoms with Crippen LogP contribution in [0.2, 0.25) is 0 Å². The van der Waals surface area contributed by atoms with E-state index >= 15 is 0 Å². The first-order valence-corrected chi connectivity index (χ1v) is 8.41. The lowest BCUT2D eigenvalue weighted by molar-refractivity contribution is 0.0595. The fourth-order valence-corrected chi connectivity index (χ4v) is 3.15. The van der Waals surface area contributed by atoms with Crippen LogP contribution >= 0.6 is 0 Å². The van der Waals surface area contributed by atoms with E-state index in [1.807, 2.05) is 18.7 Å². The number of esters is 1. The van der Waals surface area contributed by atoms with E-state index in [9.17, 15) is 13.2 Å². The first kappa shape index (κ1) is 16.7. The summed E-state index contributed by atoms with van der Waals surface area (Å²) in [5.41, 5.74) is 0.373. The number of ether oxygens (including phenoxy) is 1. The van der Waals surface area contributed by atoms with Crippen LogP contribution in [0.1, 0.15) is 30.0 Å². The lowest BCUT2D eigenvalue weighted by Gasteiger charge is -2.26. The van der Waals surface area contributed by atoms with E-state index in [0.717, 1.165) is 0 Å². The fourth-order valence-electron chi connectivity index (χ4n) is 2.06. The number of sulfone groups is 1. The van der Waals surface area contributed by atoms with Gasteiger partial charge in [-0.2, -0.15) is 0 Å². The van der Waals surface area contributed by atoms with Crippen molar-refractivity contribution in [2.75, 3.05) is 25.7 Å². The summed E-state index contributed by atoms with van der Waals surface area (Å²) >= 11 is 0. The zero-order valence-electron chi connectivity index (χ0n) is 12.3. The number of carbonyl (C=O) groups is 1. The van der Waals surface area contributed by atoms with Crippen molar-refractivity contribution in [3.63, 3.8) is 0 Å². The van der Waals surface area contributed by atoms with E-state index in [1.165, 1.54) is 19.6 Å². The van der Waals surface area contributed by atoms with E-state index in [0.29, 0.717) is 24.4 Å². The molecule has 1 unspecified atom stereocenters. The van der Waals surface area contributed by atoms with Crippen LogP contribution in [0.5, 0.6) is 0 Å². The van der Waals surface area contributed by atoms with E-state index < -0.39 is 15.8 Å². The Morgan fingerprint density at radius 2 is 2.15 bits per heavy atom.